The predicted octanol–water partition coefficient (Wildman–Crippen LogP) is 4.56. The molecule has 1 N–H and O–H groups in total. The maximum absolute atomic E-state index is 12.7. The molecule has 31 heavy (non-hydrogen) atoms. The highest BCUT2D eigenvalue weighted by Crippen LogP contribution is 2.27. The topological polar surface area (TPSA) is 62.6 Å². The maximum atomic E-state index is 12.7. The van der Waals surface area contributed by atoms with Gasteiger partial charge in [0.05, 0.1) is 0 Å². The second-order valence-electron chi connectivity index (χ2n) is 7.92. The lowest BCUT2D eigenvalue weighted by atomic mass is 9.95. The van der Waals surface area contributed by atoms with E-state index in [0.717, 1.165) is 34.3 Å². The average molecular weight is 417 g/mol. The van der Waals surface area contributed by atoms with Crippen molar-refractivity contribution in [3.63, 3.8) is 0 Å². The molecule has 1 aliphatic heterocycles. The minimum absolute atomic E-state index is 0.0181. The molecule has 0 unspecified atom stereocenters. The molecule has 0 aliphatic carbocycles. The van der Waals surface area contributed by atoms with Crippen molar-refractivity contribution in [2.24, 2.45) is 5.92 Å². The zero-order valence-electron chi connectivity index (χ0n) is 17.8. The van der Waals surface area contributed by atoms with Crippen LogP contribution in [0.5, 0.6) is 0 Å². The van der Waals surface area contributed by atoms with Gasteiger partial charge in [0.25, 0.3) is 0 Å². The minimum Gasteiger partial charge on any atom is -0.460 e. The number of para-hydroxylation sites is 1. The molecule has 1 aliphatic rings. The highest BCUT2D eigenvalue weighted by atomic mass is 16.3. The third kappa shape index (κ3) is 4.88. The number of rotatable bonds is 6. The summed E-state index contributed by atoms with van der Waals surface area (Å²) in [5.74, 6) is 0.903. The third-order valence-electron chi connectivity index (χ3n) is 5.91. The zero-order valence-corrected chi connectivity index (χ0v) is 17.8. The van der Waals surface area contributed by atoms with Crippen LogP contribution >= 0.6 is 0 Å². The summed E-state index contributed by atoms with van der Waals surface area (Å²) in [6.45, 7) is 3.78. The molecule has 160 valence electrons. The molecule has 2 heterocycles. The molecule has 0 atom stereocenters. The number of likely N-dealkylation sites (tertiary alicyclic amines) is 1. The summed E-state index contributed by atoms with van der Waals surface area (Å²) in [6.07, 6.45) is 5.65. The van der Waals surface area contributed by atoms with Gasteiger partial charge in [0, 0.05) is 49.0 Å². The Hall–Kier alpha value is -3.34. The lowest BCUT2D eigenvalue weighted by molar-refractivity contribution is -0.132. The number of hydrogen-bond acceptors (Lipinski definition) is 3. The van der Waals surface area contributed by atoms with Crippen LogP contribution in [0, 0.1) is 5.92 Å². The van der Waals surface area contributed by atoms with Gasteiger partial charge in [-0.1, -0.05) is 55.5 Å². The summed E-state index contributed by atoms with van der Waals surface area (Å²) in [7, 11) is 0. The molecule has 1 fully saturated rings. The first-order chi connectivity index (χ1) is 15.2. The van der Waals surface area contributed by atoms with Gasteiger partial charge in [-0.3, -0.25) is 9.59 Å². The summed E-state index contributed by atoms with van der Waals surface area (Å²) >= 11 is 0. The van der Waals surface area contributed by atoms with Gasteiger partial charge < -0.3 is 14.6 Å². The maximum Gasteiger partial charge on any atom is 0.246 e. The molecule has 1 saturated heterocycles. The molecular weight excluding hydrogens is 388 g/mol. The number of carbonyl (C=O) groups excluding carboxylic acids is 2. The van der Waals surface area contributed by atoms with Crippen molar-refractivity contribution in [1.29, 1.82) is 0 Å². The summed E-state index contributed by atoms with van der Waals surface area (Å²) in [5, 5.41) is 4.04. The molecule has 5 heteroatoms. The number of aryl methyl sites for hydroxylation is 1. The largest absolute Gasteiger partial charge is 0.460 e. The van der Waals surface area contributed by atoms with Crippen LogP contribution < -0.4 is 5.32 Å². The Labute approximate surface area is 182 Å². The number of benzene rings is 2. The third-order valence-corrected chi connectivity index (χ3v) is 5.91. The summed E-state index contributed by atoms with van der Waals surface area (Å²) in [6, 6.07) is 17.8. The quantitative estimate of drug-likeness (QED) is 0.599. The number of fused-ring (bicyclic) bond motifs is 1. The Morgan fingerprint density at radius 1 is 1.06 bits per heavy atom. The van der Waals surface area contributed by atoms with E-state index >= 15 is 0 Å². The average Bonchev–Trinajstić information content (AvgIpc) is 3.19. The van der Waals surface area contributed by atoms with Crippen molar-refractivity contribution in [1.82, 2.24) is 10.2 Å². The first-order valence-corrected chi connectivity index (χ1v) is 10.9. The van der Waals surface area contributed by atoms with Gasteiger partial charge in [-0.2, -0.15) is 0 Å². The smallest absolute Gasteiger partial charge is 0.246 e. The number of nitrogens with one attached hydrogen (secondary N) is 1. The van der Waals surface area contributed by atoms with Crippen LogP contribution in [0.25, 0.3) is 17.0 Å². The number of hydrogen-bond donors (Lipinski definition) is 1. The van der Waals surface area contributed by atoms with E-state index in [1.165, 1.54) is 0 Å². The number of piperidine rings is 1. The molecule has 0 bridgehead atoms. The molecule has 2 amide bonds. The predicted molar refractivity (Wildman–Crippen MR) is 122 cm³/mol. The Morgan fingerprint density at radius 2 is 1.77 bits per heavy atom. The summed E-state index contributed by atoms with van der Waals surface area (Å²) in [5.41, 5.74) is 2.90. The van der Waals surface area contributed by atoms with Gasteiger partial charge in [-0.05, 0) is 30.5 Å². The Kier molecular flexibility index (Phi) is 6.51. The molecule has 1 aromatic heterocycles. The van der Waals surface area contributed by atoms with Gasteiger partial charge in [0.1, 0.15) is 11.3 Å². The van der Waals surface area contributed by atoms with Crippen molar-refractivity contribution in [3.05, 3.63) is 77.6 Å². The molecule has 0 saturated carbocycles. The number of carbonyl (C=O) groups is 2. The minimum atomic E-state index is -0.0405. The van der Waals surface area contributed by atoms with Gasteiger partial charge in [-0.15, -0.1) is 0 Å². The molecule has 4 rings (SSSR count). The normalized spacial score (nSPS) is 14.9. The van der Waals surface area contributed by atoms with Crippen molar-refractivity contribution >= 4 is 28.9 Å². The van der Waals surface area contributed by atoms with E-state index in [1.807, 2.05) is 72.5 Å². The van der Waals surface area contributed by atoms with Crippen LogP contribution in [0.15, 0.2) is 65.1 Å². The molecule has 2 aromatic carbocycles. The fourth-order valence-electron chi connectivity index (χ4n) is 4.11. The number of furan rings is 1. The van der Waals surface area contributed by atoms with E-state index in [0.29, 0.717) is 32.5 Å². The molecule has 0 radical (unpaired) electrons. The van der Waals surface area contributed by atoms with Gasteiger partial charge in [-0.25, -0.2) is 0 Å². The van der Waals surface area contributed by atoms with E-state index < -0.39 is 0 Å². The van der Waals surface area contributed by atoms with Crippen LogP contribution in [-0.2, 0) is 22.6 Å². The van der Waals surface area contributed by atoms with E-state index in [9.17, 15) is 9.59 Å². The zero-order chi connectivity index (χ0) is 21.6. The SMILES string of the molecule is CCc1oc2ccccc2c1/C=C/C(=O)N1CCC(C(=O)NCc2ccccc2)CC1. The highest BCUT2D eigenvalue weighted by Gasteiger charge is 2.26. The lowest BCUT2D eigenvalue weighted by Gasteiger charge is -2.30. The van der Waals surface area contributed by atoms with E-state index in [4.69, 9.17) is 4.42 Å². The van der Waals surface area contributed by atoms with Crippen LogP contribution in [-0.4, -0.2) is 29.8 Å². The Bertz CT molecular complexity index is 1080. The van der Waals surface area contributed by atoms with Crippen LogP contribution in [0.1, 0.15) is 36.7 Å². The van der Waals surface area contributed by atoms with E-state index in [-0.39, 0.29) is 17.7 Å². The van der Waals surface area contributed by atoms with Crippen LogP contribution in [0.4, 0.5) is 0 Å². The van der Waals surface area contributed by atoms with Crippen molar-refractivity contribution in [2.45, 2.75) is 32.7 Å². The van der Waals surface area contributed by atoms with Crippen molar-refractivity contribution < 1.29 is 14.0 Å². The highest BCUT2D eigenvalue weighted by molar-refractivity contribution is 5.96. The first kappa shape index (κ1) is 20.9. The second-order valence-corrected chi connectivity index (χ2v) is 7.92. The molecule has 3 aromatic rings. The van der Waals surface area contributed by atoms with Crippen molar-refractivity contribution in [3.8, 4) is 0 Å². The lowest BCUT2D eigenvalue weighted by Crippen LogP contribution is -2.42. The fraction of sp³-hybridized carbons (Fsp3) is 0.308. The summed E-state index contributed by atoms with van der Waals surface area (Å²) in [4.78, 5) is 27.0. The molecular formula is C26H28N2O3. The van der Waals surface area contributed by atoms with Gasteiger partial charge in [0.15, 0.2) is 0 Å². The molecule has 0 spiro atoms. The number of nitrogens with zero attached hydrogens (tertiary/aromatic N) is 1. The Morgan fingerprint density at radius 3 is 2.52 bits per heavy atom. The second kappa shape index (κ2) is 9.65. The van der Waals surface area contributed by atoms with E-state index in [2.05, 4.69) is 5.32 Å². The van der Waals surface area contributed by atoms with Crippen molar-refractivity contribution in [2.75, 3.05) is 13.1 Å². The van der Waals surface area contributed by atoms with Crippen LogP contribution in [0.2, 0.25) is 0 Å². The summed E-state index contributed by atoms with van der Waals surface area (Å²) < 4.78 is 5.90. The fourth-order valence-corrected chi connectivity index (χ4v) is 4.11. The monoisotopic (exact) mass is 416 g/mol. The standard InChI is InChI=1S/C26H28N2O3/c1-2-23-22(21-10-6-7-11-24(21)31-23)12-13-25(29)28-16-14-20(15-17-28)26(30)27-18-19-8-4-3-5-9-19/h3-13,20H,2,14-18H2,1H3,(H,27,30)/b13-12+. The van der Waals surface area contributed by atoms with Gasteiger partial charge in [0.2, 0.25) is 11.8 Å². The van der Waals surface area contributed by atoms with Gasteiger partial charge >= 0.3 is 0 Å². The Balaban J connectivity index is 1.32. The van der Waals surface area contributed by atoms with Crippen LogP contribution in [0.3, 0.4) is 0 Å². The number of amides is 2. The first-order valence-electron chi connectivity index (χ1n) is 10.9. The molecule has 5 nitrogen and oxygen atoms in total. The van der Waals surface area contributed by atoms with E-state index in [1.54, 1.807) is 6.08 Å².